The van der Waals surface area contributed by atoms with Gasteiger partial charge in [-0.05, 0) is 44.0 Å². The third-order valence-corrected chi connectivity index (χ3v) is 4.78. The van der Waals surface area contributed by atoms with Gasteiger partial charge >= 0.3 is 0 Å². The SMILES string of the molecule is COc1ccc(-c2nn([C@@H](C)C(=O)NC[C@@H]3CCCO3)c(=O)cc2OC)cc1. The van der Waals surface area contributed by atoms with E-state index in [9.17, 15) is 9.59 Å². The minimum atomic E-state index is -0.767. The zero-order valence-electron chi connectivity index (χ0n) is 16.3. The largest absolute Gasteiger partial charge is 0.497 e. The van der Waals surface area contributed by atoms with Crippen molar-refractivity contribution in [3.05, 3.63) is 40.7 Å². The van der Waals surface area contributed by atoms with Crippen LogP contribution in [-0.4, -0.2) is 49.2 Å². The van der Waals surface area contributed by atoms with Gasteiger partial charge in [-0.3, -0.25) is 9.59 Å². The molecule has 0 aliphatic carbocycles. The Morgan fingerprint density at radius 3 is 2.68 bits per heavy atom. The molecule has 0 saturated carbocycles. The number of nitrogens with zero attached hydrogens (tertiary/aromatic N) is 2. The number of rotatable bonds is 7. The van der Waals surface area contributed by atoms with E-state index in [-0.39, 0.29) is 12.0 Å². The molecule has 2 aromatic rings. The second-order valence-corrected chi connectivity index (χ2v) is 6.63. The van der Waals surface area contributed by atoms with E-state index >= 15 is 0 Å². The predicted octanol–water partition coefficient (Wildman–Crippen LogP) is 1.78. The van der Waals surface area contributed by atoms with Gasteiger partial charge in [0.25, 0.3) is 5.56 Å². The first kappa shape index (κ1) is 19.9. The number of amides is 1. The Morgan fingerprint density at radius 2 is 2.07 bits per heavy atom. The van der Waals surface area contributed by atoms with Crippen LogP contribution in [0.4, 0.5) is 0 Å². The summed E-state index contributed by atoms with van der Waals surface area (Å²) in [5.74, 6) is 0.771. The molecule has 0 spiro atoms. The molecular weight excluding hydrogens is 362 g/mol. The maximum Gasteiger partial charge on any atom is 0.271 e. The summed E-state index contributed by atoms with van der Waals surface area (Å²) in [5, 5.41) is 7.26. The Labute approximate surface area is 163 Å². The van der Waals surface area contributed by atoms with E-state index in [0.29, 0.717) is 23.7 Å². The van der Waals surface area contributed by atoms with Crippen molar-refractivity contribution in [2.75, 3.05) is 27.4 Å². The molecule has 8 heteroatoms. The number of nitrogens with one attached hydrogen (secondary N) is 1. The molecule has 1 amide bonds. The van der Waals surface area contributed by atoms with Crippen molar-refractivity contribution in [1.29, 1.82) is 0 Å². The molecule has 3 rings (SSSR count). The molecule has 28 heavy (non-hydrogen) atoms. The minimum absolute atomic E-state index is 0.0339. The van der Waals surface area contributed by atoms with Gasteiger partial charge in [0.15, 0.2) is 5.75 Å². The van der Waals surface area contributed by atoms with Gasteiger partial charge < -0.3 is 19.5 Å². The van der Waals surface area contributed by atoms with Gasteiger partial charge in [0.05, 0.1) is 20.3 Å². The summed E-state index contributed by atoms with van der Waals surface area (Å²) in [6, 6.07) is 7.81. The fourth-order valence-electron chi connectivity index (χ4n) is 3.11. The molecule has 1 N–H and O–H groups in total. The Bertz CT molecular complexity index is 872. The monoisotopic (exact) mass is 387 g/mol. The summed E-state index contributed by atoms with van der Waals surface area (Å²) in [6.45, 7) is 2.80. The average molecular weight is 387 g/mol. The summed E-state index contributed by atoms with van der Waals surface area (Å²) in [7, 11) is 3.07. The molecular formula is C20H25N3O5. The van der Waals surface area contributed by atoms with Crippen molar-refractivity contribution < 1.29 is 19.0 Å². The van der Waals surface area contributed by atoms with E-state index in [0.717, 1.165) is 25.0 Å². The molecule has 8 nitrogen and oxygen atoms in total. The second kappa shape index (κ2) is 8.88. The number of ether oxygens (including phenoxy) is 3. The topological polar surface area (TPSA) is 91.7 Å². The first-order valence-electron chi connectivity index (χ1n) is 9.25. The number of hydrogen-bond acceptors (Lipinski definition) is 6. The van der Waals surface area contributed by atoms with Gasteiger partial charge in [-0.1, -0.05) is 0 Å². The van der Waals surface area contributed by atoms with Gasteiger partial charge in [-0.25, -0.2) is 4.68 Å². The molecule has 1 aliphatic heterocycles. The van der Waals surface area contributed by atoms with Crippen LogP contribution in [0, 0.1) is 0 Å². The minimum Gasteiger partial charge on any atom is -0.497 e. The van der Waals surface area contributed by atoms with Crippen molar-refractivity contribution in [2.24, 2.45) is 0 Å². The molecule has 0 unspecified atom stereocenters. The Balaban J connectivity index is 1.85. The van der Waals surface area contributed by atoms with Gasteiger partial charge in [0.2, 0.25) is 5.91 Å². The number of carbonyl (C=O) groups is 1. The van der Waals surface area contributed by atoms with Crippen LogP contribution in [0.15, 0.2) is 35.1 Å². The van der Waals surface area contributed by atoms with Crippen LogP contribution >= 0.6 is 0 Å². The molecule has 0 radical (unpaired) electrons. The Hall–Kier alpha value is -2.87. The summed E-state index contributed by atoms with van der Waals surface area (Å²) in [6.07, 6.45) is 1.96. The maximum absolute atomic E-state index is 12.5. The normalized spacial score (nSPS) is 17.2. The number of benzene rings is 1. The van der Waals surface area contributed by atoms with Gasteiger partial charge in [0.1, 0.15) is 17.5 Å². The lowest BCUT2D eigenvalue weighted by atomic mass is 10.1. The quantitative estimate of drug-likeness (QED) is 0.779. The maximum atomic E-state index is 12.5. The van der Waals surface area contributed by atoms with Crippen molar-refractivity contribution in [3.8, 4) is 22.8 Å². The lowest BCUT2D eigenvalue weighted by molar-refractivity contribution is -0.124. The summed E-state index contributed by atoms with van der Waals surface area (Å²) in [5.41, 5.74) is 0.816. The van der Waals surface area contributed by atoms with Crippen LogP contribution in [0.1, 0.15) is 25.8 Å². The highest BCUT2D eigenvalue weighted by molar-refractivity contribution is 5.80. The van der Waals surface area contributed by atoms with E-state index < -0.39 is 11.6 Å². The van der Waals surface area contributed by atoms with E-state index in [1.807, 2.05) is 12.1 Å². The van der Waals surface area contributed by atoms with E-state index in [4.69, 9.17) is 14.2 Å². The smallest absolute Gasteiger partial charge is 0.271 e. The van der Waals surface area contributed by atoms with Gasteiger partial charge in [-0.2, -0.15) is 5.10 Å². The standard InChI is InChI=1S/C20H25N3O5/c1-13(20(25)21-12-16-5-4-10-28-16)23-18(24)11-17(27-3)19(22-23)14-6-8-15(26-2)9-7-14/h6-9,11,13,16H,4-5,10,12H2,1-3H3,(H,21,25)/t13-,16-/m0/s1. The summed E-state index contributed by atoms with van der Waals surface area (Å²) in [4.78, 5) is 25.0. The summed E-state index contributed by atoms with van der Waals surface area (Å²) < 4.78 is 17.2. The molecule has 1 aromatic heterocycles. The van der Waals surface area contributed by atoms with Crippen molar-refractivity contribution in [2.45, 2.75) is 31.9 Å². The van der Waals surface area contributed by atoms with E-state index in [1.54, 1.807) is 26.2 Å². The highest BCUT2D eigenvalue weighted by Gasteiger charge is 2.22. The number of carbonyl (C=O) groups excluding carboxylic acids is 1. The third kappa shape index (κ3) is 4.33. The fourth-order valence-corrected chi connectivity index (χ4v) is 3.11. The first-order valence-corrected chi connectivity index (χ1v) is 9.25. The molecule has 1 fully saturated rings. The van der Waals surface area contributed by atoms with Crippen LogP contribution in [0.25, 0.3) is 11.3 Å². The van der Waals surface area contributed by atoms with Crippen molar-refractivity contribution >= 4 is 5.91 Å². The second-order valence-electron chi connectivity index (χ2n) is 6.63. The Morgan fingerprint density at radius 1 is 1.32 bits per heavy atom. The van der Waals surface area contributed by atoms with E-state index in [1.165, 1.54) is 17.9 Å². The zero-order valence-corrected chi connectivity index (χ0v) is 16.3. The first-order chi connectivity index (χ1) is 13.5. The highest BCUT2D eigenvalue weighted by atomic mass is 16.5. The molecule has 2 heterocycles. The fraction of sp³-hybridized carbons (Fsp3) is 0.450. The van der Waals surface area contributed by atoms with Crippen LogP contribution in [0.2, 0.25) is 0 Å². The number of hydrogen-bond donors (Lipinski definition) is 1. The number of methoxy groups -OCH3 is 2. The molecule has 1 saturated heterocycles. The Kier molecular flexibility index (Phi) is 6.30. The van der Waals surface area contributed by atoms with Crippen molar-refractivity contribution in [1.82, 2.24) is 15.1 Å². The molecule has 1 aliphatic rings. The van der Waals surface area contributed by atoms with Crippen molar-refractivity contribution in [3.63, 3.8) is 0 Å². The third-order valence-electron chi connectivity index (χ3n) is 4.78. The molecule has 0 bridgehead atoms. The number of aromatic nitrogens is 2. The molecule has 150 valence electrons. The van der Waals surface area contributed by atoms with Gasteiger partial charge in [-0.15, -0.1) is 0 Å². The van der Waals surface area contributed by atoms with Crippen LogP contribution in [0.5, 0.6) is 11.5 Å². The van der Waals surface area contributed by atoms with Gasteiger partial charge in [0, 0.05) is 24.8 Å². The van der Waals surface area contributed by atoms with Crippen LogP contribution in [0.3, 0.4) is 0 Å². The lowest BCUT2D eigenvalue weighted by Crippen LogP contribution is -2.40. The lowest BCUT2D eigenvalue weighted by Gasteiger charge is -2.18. The average Bonchev–Trinajstić information content (AvgIpc) is 3.25. The zero-order chi connectivity index (χ0) is 20.1. The predicted molar refractivity (Wildman–Crippen MR) is 104 cm³/mol. The van der Waals surface area contributed by atoms with Crippen LogP contribution in [-0.2, 0) is 9.53 Å². The molecule has 2 atom stereocenters. The highest BCUT2D eigenvalue weighted by Crippen LogP contribution is 2.28. The molecule has 1 aromatic carbocycles. The van der Waals surface area contributed by atoms with E-state index in [2.05, 4.69) is 10.4 Å². The summed E-state index contributed by atoms with van der Waals surface area (Å²) >= 11 is 0. The van der Waals surface area contributed by atoms with Crippen LogP contribution < -0.4 is 20.3 Å².